The largest absolute Gasteiger partial charge is 0.265 e. The highest BCUT2D eigenvalue weighted by atomic mass is 35.5. The molecule has 27 heavy (non-hydrogen) atoms. The van der Waals surface area contributed by atoms with Gasteiger partial charge in [0.15, 0.2) is 17.1 Å². The molecule has 0 saturated carbocycles. The lowest BCUT2D eigenvalue weighted by atomic mass is 10.1. The SMILES string of the molecule is Cc1cccc(-c2nnc3c4cnn(-c5ccc(Cl)c(Cl)c5)c4ncn23)c1. The van der Waals surface area contributed by atoms with Gasteiger partial charge in [-0.15, -0.1) is 10.2 Å². The van der Waals surface area contributed by atoms with Gasteiger partial charge in [-0.2, -0.15) is 5.10 Å². The third kappa shape index (κ3) is 2.57. The predicted molar refractivity (Wildman–Crippen MR) is 106 cm³/mol. The molecule has 0 atom stereocenters. The molecule has 2 aromatic carbocycles. The lowest BCUT2D eigenvalue weighted by Gasteiger charge is -2.05. The molecule has 0 N–H and O–H groups in total. The van der Waals surface area contributed by atoms with E-state index in [0.29, 0.717) is 21.3 Å². The smallest absolute Gasteiger partial charge is 0.175 e. The van der Waals surface area contributed by atoms with E-state index >= 15 is 0 Å². The van der Waals surface area contributed by atoms with E-state index in [2.05, 4.69) is 26.3 Å². The number of aromatic nitrogens is 6. The van der Waals surface area contributed by atoms with Crippen LogP contribution in [0.4, 0.5) is 0 Å². The molecular formula is C19H12Cl2N6. The summed E-state index contributed by atoms with van der Waals surface area (Å²) in [6.45, 7) is 2.05. The Morgan fingerprint density at radius 1 is 0.926 bits per heavy atom. The van der Waals surface area contributed by atoms with Crippen LogP contribution in [-0.4, -0.2) is 29.4 Å². The maximum atomic E-state index is 6.14. The molecule has 0 fully saturated rings. The van der Waals surface area contributed by atoms with E-state index in [9.17, 15) is 0 Å². The monoisotopic (exact) mass is 394 g/mol. The van der Waals surface area contributed by atoms with Crippen molar-refractivity contribution in [3.05, 3.63) is 70.6 Å². The molecule has 8 heteroatoms. The van der Waals surface area contributed by atoms with Crippen LogP contribution in [0.3, 0.4) is 0 Å². The fourth-order valence-electron chi connectivity index (χ4n) is 3.11. The zero-order chi connectivity index (χ0) is 18.5. The van der Waals surface area contributed by atoms with Crippen molar-refractivity contribution >= 4 is 39.9 Å². The van der Waals surface area contributed by atoms with Crippen LogP contribution >= 0.6 is 23.2 Å². The van der Waals surface area contributed by atoms with Crippen LogP contribution in [0.15, 0.2) is 55.0 Å². The van der Waals surface area contributed by atoms with Crippen molar-refractivity contribution in [1.82, 2.24) is 29.4 Å². The number of hydrogen-bond acceptors (Lipinski definition) is 4. The van der Waals surface area contributed by atoms with Crippen molar-refractivity contribution < 1.29 is 0 Å². The molecule has 0 amide bonds. The highest BCUT2D eigenvalue weighted by molar-refractivity contribution is 6.42. The molecule has 0 aliphatic rings. The van der Waals surface area contributed by atoms with E-state index in [-0.39, 0.29) is 0 Å². The average Bonchev–Trinajstić information content (AvgIpc) is 3.27. The number of hydrogen-bond donors (Lipinski definition) is 0. The van der Waals surface area contributed by atoms with Gasteiger partial charge in [0.1, 0.15) is 6.33 Å². The Hall–Kier alpha value is -2.96. The highest BCUT2D eigenvalue weighted by Gasteiger charge is 2.15. The first-order valence-corrected chi connectivity index (χ1v) is 8.97. The molecule has 0 aliphatic heterocycles. The van der Waals surface area contributed by atoms with Crippen LogP contribution in [0.25, 0.3) is 33.8 Å². The van der Waals surface area contributed by atoms with Crippen LogP contribution in [-0.2, 0) is 0 Å². The van der Waals surface area contributed by atoms with Gasteiger partial charge in [-0.3, -0.25) is 4.40 Å². The molecule has 132 valence electrons. The molecule has 0 aliphatic carbocycles. The van der Waals surface area contributed by atoms with Crippen molar-refractivity contribution in [3.63, 3.8) is 0 Å². The minimum absolute atomic E-state index is 0.461. The molecule has 5 rings (SSSR count). The summed E-state index contributed by atoms with van der Waals surface area (Å²) >= 11 is 12.2. The lowest BCUT2D eigenvalue weighted by molar-refractivity contribution is 0.893. The minimum atomic E-state index is 0.461. The van der Waals surface area contributed by atoms with E-state index in [1.54, 1.807) is 29.3 Å². The van der Waals surface area contributed by atoms with Crippen molar-refractivity contribution in [3.8, 4) is 17.1 Å². The predicted octanol–water partition coefficient (Wildman–Crippen LogP) is 4.75. The minimum Gasteiger partial charge on any atom is -0.265 e. The molecule has 5 aromatic rings. The van der Waals surface area contributed by atoms with Gasteiger partial charge >= 0.3 is 0 Å². The summed E-state index contributed by atoms with van der Waals surface area (Å²) in [7, 11) is 0. The molecule has 3 aromatic heterocycles. The summed E-state index contributed by atoms with van der Waals surface area (Å²) in [6.07, 6.45) is 3.44. The summed E-state index contributed by atoms with van der Waals surface area (Å²) in [5, 5.41) is 14.9. The number of halogens is 2. The van der Waals surface area contributed by atoms with E-state index in [1.807, 2.05) is 35.6 Å². The zero-order valence-electron chi connectivity index (χ0n) is 14.1. The van der Waals surface area contributed by atoms with Crippen LogP contribution in [0.2, 0.25) is 10.0 Å². The first kappa shape index (κ1) is 16.2. The summed E-state index contributed by atoms with van der Waals surface area (Å²) < 4.78 is 3.58. The van der Waals surface area contributed by atoms with Gasteiger partial charge in [0.2, 0.25) is 0 Å². The number of benzene rings is 2. The molecule has 6 nitrogen and oxygen atoms in total. The second-order valence-electron chi connectivity index (χ2n) is 6.22. The Labute approximate surface area is 164 Å². The lowest BCUT2D eigenvalue weighted by Crippen LogP contribution is -1.99. The van der Waals surface area contributed by atoms with Crippen LogP contribution in [0, 0.1) is 6.92 Å². The molecule has 0 unspecified atom stereocenters. The van der Waals surface area contributed by atoms with Gasteiger partial charge in [-0.05, 0) is 31.2 Å². The maximum Gasteiger partial charge on any atom is 0.175 e. The fraction of sp³-hybridized carbons (Fsp3) is 0.0526. The molecular weight excluding hydrogens is 383 g/mol. The average molecular weight is 395 g/mol. The van der Waals surface area contributed by atoms with Crippen molar-refractivity contribution in [2.75, 3.05) is 0 Å². The maximum absolute atomic E-state index is 6.14. The van der Waals surface area contributed by atoms with Crippen LogP contribution < -0.4 is 0 Å². The molecule has 0 bridgehead atoms. The Bertz CT molecular complexity index is 1320. The highest BCUT2D eigenvalue weighted by Crippen LogP contribution is 2.27. The molecule has 0 saturated heterocycles. The van der Waals surface area contributed by atoms with Gasteiger partial charge < -0.3 is 0 Å². The Kier molecular flexibility index (Phi) is 3.63. The molecule has 0 spiro atoms. The number of fused-ring (bicyclic) bond motifs is 3. The standard InChI is InChI=1S/C19H12Cl2N6/c1-11-3-2-4-12(7-11)17-24-25-19-14-9-23-27(18(14)22-10-26(17)19)13-5-6-15(20)16(21)8-13/h2-10H,1H3. The zero-order valence-corrected chi connectivity index (χ0v) is 15.6. The first-order valence-electron chi connectivity index (χ1n) is 8.22. The molecule has 0 radical (unpaired) electrons. The van der Waals surface area contributed by atoms with E-state index in [4.69, 9.17) is 23.2 Å². The van der Waals surface area contributed by atoms with Gasteiger partial charge in [-0.25, -0.2) is 9.67 Å². The summed E-state index contributed by atoms with van der Waals surface area (Å²) in [5.74, 6) is 0.741. The number of aryl methyl sites for hydroxylation is 1. The van der Waals surface area contributed by atoms with E-state index < -0.39 is 0 Å². The Balaban J connectivity index is 1.71. The second kappa shape index (κ2) is 6.04. The van der Waals surface area contributed by atoms with E-state index in [1.165, 1.54) is 0 Å². The summed E-state index contributed by atoms with van der Waals surface area (Å²) in [4.78, 5) is 4.59. The van der Waals surface area contributed by atoms with Gasteiger partial charge in [0.25, 0.3) is 0 Å². The second-order valence-corrected chi connectivity index (χ2v) is 7.04. The van der Waals surface area contributed by atoms with Crippen molar-refractivity contribution in [1.29, 1.82) is 0 Å². The topological polar surface area (TPSA) is 60.9 Å². The quantitative estimate of drug-likeness (QED) is 0.433. The molecule has 3 heterocycles. The van der Waals surface area contributed by atoms with Crippen molar-refractivity contribution in [2.45, 2.75) is 6.92 Å². The Morgan fingerprint density at radius 3 is 2.63 bits per heavy atom. The van der Waals surface area contributed by atoms with Gasteiger partial charge in [0, 0.05) is 5.56 Å². The van der Waals surface area contributed by atoms with E-state index in [0.717, 1.165) is 28.0 Å². The third-order valence-electron chi connectivity index (χ3n) is 4.40. The van der Waals surface area contributed by atoms with Crippen LogP contribution in [0.5, 0.6) is 0 Å². The number of rotatable bonds is 2. The normalized spacial score (nSPS) is 11.5. The van der Waals surface area contributed by atoms with Crippen LogP contribution in [0.1, 0.15) is 5.56 Å². The summed E-state index contributed by atoms with van der Waals surface area (Å²) in [5.41, 5.74) is 4.29. The third-order valence-corrected chi connectivity index (χ3v) is 5.14. The van der Waals surface area contributed by atoms with Crippen molar-refractivity contribution in [2.24, 2.45) is 0 Å². The van der Waals surface area contributed by atoms with Gasteiger partial charge in [0.05, 0.1) is 27.3 Å². The first-order chi connectivity index (χ1) is 13.1. The number of nitrogens with zero attached hydrogens (tertiary/aromatic N) is 6. The fourth-order valence-corrected chi connectivity index (χ4v) is 3.40. The Morgan fingerprint density at radius 2 is 1.81 bits per heavy atom. The summed E-state index contributed by atoms with van der Waals surface area (Å²) in [6, 6.07) is 13.5. The van der Waals surface area contributed by atoms with Gasteiger partial charge in [-0.1, -0.05) is 47.0 Å².